The van der Waals surface area contributed by atoms with Gasteiger partial charge in [-0.15, -0.1) is 0 Å². The zero-order chi connectivity index (χ0) is 7.61. The van der Waals surface area contributed by atoms with Crippen molar-refractivity contribution < 1.29 is 0 Å². The van der Waals surface area contributed by atoms with Crippen LogP contribution >= 0.6 is 0 Å². The van der Waals surface area contributed by atoms with E-state index in [1.807, 2.05) is 0 Å². The lowest BCUT2D eigenvalue weighted by Gasteiger charge is -2.03. The zero-order valence-corrected chi connectivity index (χ0v) is 7.41. The molecule has 1 atom stereocenters. The van der Waals surface area contributed by atoms with Gasteiger partial charge in [0.1, 0.15) is 0 Å². The number of rotatable bonds is 4. The van der Waals surface area contributed by atoms with Crippen molar-refractivity contribution in [2.45, 2.75) is 33.6 Å². The van der Waals surface area contributed by atoms with Crippen LogP contribution < -0.4 is 5.32 Å². The minimum absolute atomic E-state index is 0.654. The van der Waals surface area contributed by atoms with E-state index in [-0.39, 0.29) is 0 Å². The molecule has 0 aliphatic heterocycles. The molecule has 1 fully saturated rings. The summed E-state index contributed by atoms with van der Waals surface area (Å²) in [6.07, 6.45) is 2.68. The van der Waals surface area contributed by atoms with Crippen LogP contribution in [-0.2, 0) is 0 Å². The first-order valence-electron chi connectivity index (χ1n) is 4.37. The first-order valence-corrected chi connectivity index (χ1v) is 4.37. The van der Waals surface area contributed by atoms with Crippen molar-refractivity contribution in [1.29, 1.82) is 0 Å². The average Bonchev–Trinajstić information content (AvgIpc) is 2.41. The fourth-order valence-corrected chi connectivity index (χ4v) is 1.38. The second kappa shape index (κ2) is 2.91. The third-order valence-corrected chi connectivity index (χ3v) is 2.54. The fourth-order valence-electron chi connectivity index (χ4n) is 1.38. The highest BCUT2D eigenvalue weighted by atomic mass is 14.9. The summed E-state index contributed by atoms with van der Waals surface area (Å²) in [4.78, 5) is 0. The van der Waals surface area contributed by atoms with Crippen molar-refractivity contribution in [3.63, 3.8) is 0 Å². The van der Waals surface area contributed by atoms with Gasteiger partial charge in [0, 0.05) is 0 Å². The minimum atomic E-state index is 0.654. The second-order valence-corrected chi connectivity index (χ2v) is 4.09. The van der Waals surface area contributed by atoms with Gasteiger partial charge in [-0.1, -0.05) is 20.8 Å². The van der Waals surface area contributed by atoms with E-state index in [9.17, 15) is 0 Å². The lowest BCUT2D eigenvalue weighted by atomic mass is 10.1. The van der Waals surface area contributed by atoms with Gasteiger partial charge < -0.3 is 5.32 Å². The maximum atomic E-state index is 3.45. The molecule has 1 unspecified atom stereocenters. The van der Waals surface area contributed by atoms with Gasteiger partial charge in [-0.25, -0.2) is 0 Å². The smallest absolute Gasteiger partial charge is 0.00152 e. The van der Waals surface area contributed by atoms with E-state index in [0.29, 0.717) is 5.41 Å². The van der Waals surface area contributed by atoms with Crippen LogP contribution in [0.25, 0.3) is 0 Å². The van der Waals surface area contributed by atoms with E-state index < -0.39 is 0 Å². The highest BCUT2D eigenvalue weighted by molar-refractivity contribution is 4.95. The van der Waals surface area contributed by atoms with Crippen molar-refractivity contribution in [1.82, 2.24) is 5.32 Å². The first kappa shape index (κ1) is 8.06. The molecule has 1 nitrogen and oxygen atoms in total. The Morgan fingerprint density at radius 2 is 2.10 bits per heavy atom. The Morgan fingerprint density at radius 1 is 1.50 bits per heavy atom. The van der Waals surface area contributed by atoms with Crippen molar-refractivity contribution in [2.24, 2.45) is 11.3 Å². The van der Waals surface area contributed by atoms with Crippen LogP contribution in [0.3, 0.4) is 0 Å². The van der Waals surface area contributed by atoms with Crippen molar-refractivity contribution in [3.8, 4) is 0 Å². The van der Waals surface area contributed by atoms with E-state index >= 15 is 0 Å². The molecular formula is C9H19N. The molecule has 1 rings (SSSR count). The van der Waals surface area contributed by atoms with Crippen LogP contribution in [0.1, 0.15) is 33.6 Å². The SMILES string of the molecule is CCCNCC1CC1(C)C. The molecule has 0 heterocycles. The Hall–Kier alpha value is -0.0400. The Morgan fingerprint density at radius 3 is 2.50 bits per heavy atom. The molecule has 0 aromatic heterocycles. The summed E-state index contributed by atoms with van der Waals surface area (Å²) in [6.45, 7) is 9.34. The van der Waals surface area contributed by atoms with Gasteiger partial charge in [0.05, 0.1) is 0 Å². The van der Waals surface area contributed by atoms with Gasteiger partial charge in [0.15, 0.2) is 0 Å². The molecule has 0 radical (unpaired) electrons. The van der Waals surface area contributed by atoms with Crippen LogP contribution in [0, 0.1) is 11.3 Å². The molecule has 1 heteroatoms. The predicted octanol–water partition coefficient (Wildman–Crippen LogP) is 2.03. The Labute approximate surface area is 64.2 Å². The largest absolute Gasteiger partial charge is 0.316 e. The predicted molar refractivity (Wildman–Crippen MR) is 45.0 cm³/mol. The van der Waals surface area contributed by atoms with Crippen LogP contribution in [0.2, 0.25) is 0 Å². The lowest BCUT2D eigenvalue weighted by molar-refractivity contribution is 0.519. The Kier molecular flexibility index (Phi) is 2.35. The molecule has 0 aromatic rings. The summed E-state index contributed by atoms with van der Waals surface area (Å²) in [5.74, 6) is 0.957. The van der Waals surface area contributed by atoms with E-state index in [0.717, 1.165) is 5.92 Å². The van der Waals surface area contributed by atoms with Gasteiger partial charge in [0.25, 0.3) is 0 Å². The zero-order valence-electron chi connectivity index (χ0n) is 7.41. The van der Waals surface area contributed by atoms with E-state index in [1.54, 1.807) is 0 Å². The number of hydrogen-bond acceptors (Lipinski definition) is 1. The fraction of sp³-hybridized carbons (Fsp3) is 1.00. The highest BCUT2D eigenvalue weighted by Crippen LogP contribution is 2.50. The van der Waals surface area contributed by atoms with Crippen LogP contribution in [0.15, 0.2) is 0 Å². The summed E-state index contributed by atoms with van der Waals surface area (Å²) in [6, 6.07) is 0. The van der Waals surface area contributed by atoms with Crippen LogP contribution in [0.5, 0.6) is 0 Å². The Bertz CT molecular complexity index is 107. The second-order valence-electron chi connectivity index (χ2n) is 4.09. The maximum Gasteiger partial charge on any atom is -0.00152 e. The van der Waals surface area contributed by atoms with Crippen LogP contribution in [-0.4, -0.2) is 13.1 Å². The van der Waals surface area contributed by atoms with E-state index in [1.165, 1.54) is 25.9 Å². The third-order valence-electron chi connectivity index (χ3n) is 2.54. The van der Waals surface area contributed by atoms with Gasteiger partial charge in [-0.05, 0) is 37.3 Å². The van der Waals surface area contributed by atoms with Gasteiger partial charge >= 0.3 is 0 Å². The van der Waals surface area contributed by atoms with Gasteiger partial charge in [-0.3, -0.25) is 0 Å². The molecule has 0 aromatic carbocycles. The molecule has 10 heavy (non-hydrogen) atoms. The summed E-state index contributed by atoms with van der Waals surface area (Å²) >= 11 is 0. The summed E-state index contributed by atoms with van der Waals surface area (Å²) in [5.41, 5.74) is 0.654. The monoisotopic (exact) mass is 141 g/mol. The topological polar surface area (TPSA) is 12.0 Å². The standard InChI is InChI=1S/C9H19N/c1-4-5-10-7-8-6-9(8,2)3/h8,10H,4-7H2,1-3H3. The maximum absolute atomic E-state index is 3.45. The van der Waals surface area contributed by atoms with Crippen molar-refractivity contribution >= 4 is 0 Å². The summed E-state index contributed by atoms with van der Waals surface area (Å²) < 4.78 is 0. The highest BCUT2D eigenvalue weighted by Gasteiger charge is 2.44. The molecule has 1 saturated carbocycles. The molecule has 1 aliphatic carbocycles. The molecule has 60 valence electrons. The Balaban J connectivity index is 1.97. The molecule has 1 aliphatic rings. The normalized spacial score (nSPS) is 28.5. The van der Waals surface area contributed by atoms with Crippen molar-refractivity contribution in [2.75, 3.05) is 13.1 Å². The molecule has 1 N–H and O–H groups in total. The van der Waals surface area contributed by atoms with Crippen molar-refractivity contribution in [3.05, 3.63) is 0 Å². The number of hydrogen-bond donors (Lipinski definition) is 1. The summed E-state index contributed by atoms with van der Waals surface area (Å²) in [5, 5.41) is 3.45. The molecule has 0 amide bonds. The van der Waals surface area contributed by atoms with Gasteiger partial charge in [-0.2, -0.15) is 0 Å². The third kappa shape index (κ3) is 1.98. The van der Waals surface area contributed by atoms with E-state index in [2.05, 4.69) is 26.1 Å². The van der Waals surface area contributed by atoms with Gasteiger partial charge in [0.2, 0.25) is 0 Å². The molecular weight excluding hydrogens is 122 g/mol. The average molecular weight is 141 g/mol. The number of nitrogens with one attached hydrogen (secondary N) is 1. The first-order chi connectivity index (χ1) is 4.67. The molecule has 0 saturated heterocycles. The summed E-state index contributed by atoms with van der Waals surface area (Å²) in [7, 11) is 0. The quantitative estimate of drug-likeness (QED) is 0.591. The van der Waals surface area contributed by atoms with Crippen LogP contribution in [0.4, 0.5) is 0 Å². The molecule has 0 bridgehead atoms. The minimum Gasteiger partial charge on any atom is -0.316 e. The molecule has 0 spiro atoms. The van der Waals surface area contributed by atoms with E-state index in [4.69, 9.17) is 0 Å². The lowest BCUT2D eigenvalue weighted by Crippen LogP contribution is -2.19.